The molecule has 1 heterocycles. The average molecular weight is 435 g/mol. The molecule has 1 aliphatic rings. The minimum absolute atomic E-state index is 0.00516. The summed E-state index contributed by atoms with van der Waals surface area (Å²) in [5.41, 5.74) is 4.82. The molecule has 3 nitrogen and oxygen atoms in total. The summed E-state index contributed by atoms with van der Waals surface area (Å²) in [5.74, 6) is 6.48. The zero-order chi connectivity index (χ0) is 22.0. The first-order valence-electron chi connectivity index (χ1n) is 10.6. The molecule has 2 unspecified atom stereocenters. The molecule has 32 heavy (non-hydrogen) atoms. The Morgan fingerprint density at radius 3 is 2.44 bits per heavy atom. The largest absolute Gasteiger partial charge is 0.301 e. The van der Waals surface area contributed by atoms with Gasteiger partial charge in [-0.3, -0.25) is 4.79 Å². The molecule has 1 aliphatic carbocycles. The third-order valence-corrected chi connectivity index (χ3v) is 6.77. The highest BCUT2D eigenvalue weighted by Crippen LogP contribution is 2.51. The second-order valence-corrected chi connectivity index (χ2v) is 9.15. The van der Waals surface area contributed by atoms with Gasteiger partial charge in [-0.2, -0.15) is 0 Å². The van der Waals surface area contributed by atoms with Gasteiger partial charge < -0.3 is 5.32 Å². The molecule has 0 fully saturated rings. The normalized spacial score (nSPS) is 19.0. The highest BCUT2D eigenvalue weighted by molar-refractivity contribution is 7.13. The maximum absolute atomic E-state index is 13.5. The van der Waals surface area contributed by atoms with Crippen molar-refractivity contribution < 1.29 is 4.79 Å². The molecule has 0 aliphatic heterocycles. The predicted octanol–water partition coefficient (Wildman–Crippen LogP) is 5.88. The van der Waals surface area contributed by atoms with Crippen LogP contribution in [0, 0.1) is 17.3 Å². The first-order chi connectivity index (χ1) is 15.6. The van der Waals surface area contributed by atoms with E-state index in [1.54, 1.807) is 6.20 Å². The maximum Gasteiger partial charge on any atom is 0.233 e. The highest BCUT2D eigenvalue weighted by atomic mass is 32.1. The van der Waals surface area contributed by atoms with E-state index < -0.39 is 5.41 Å². The van der Waals surface area contributed by atoms with E-state index in [-0.39, 0.29) is 11.8 Å². The third-order valence-electron chi connectivity index (χ3n) is 6.08. The molecular weight excluding hydrogens is 412 g/mol. The Morgan fingerprint density at radius 1 is 1.00 bits per heavy atom. The van der Waals surface area contributed by atoms with Crippen LogP contribution >= 0.6 is 11.3 Å². The lowest BCUT2D eigenvalue weighted by atomic mass is 9.73. The summed E-state index contributed by atoms with van der Waals surface area (Å²) in [7, 11) is 0. The van der Waals surface area contributed by atoms with Crippen LogP contribution in [0.15, 0.2) is 90.4 Å². The number of nitrogens with zero attached hydrogens (tertiary/aromatic N) is 1. The fourth-order valence-corrected chi connectivity index (χ4v) is 5.06. The van der Waals surface area contributed by atoms with Gasteiger partial charge in [0.15, 0.2) is 5.13 Å². The Labute approximate surface area is 192 Å². The first kappa shape index (κ1) is 20.2. The number of nitrogens with one attached hydrogen (secondary N) is 1. The standard InChI is InChI=1S/C28H22N2OS/c1-28(26(31)30-27-29-16-17-32-27)19-23-15-14-21(13-12-20-8-4-2-5-9-20)18-24(23)25(28)22-10-6-3-7-11-22/h2-11,14-18,25H,19H2,1H3,(H,29,30,31). The molecule has 1 amide bonds. The van der Waals surface area contributed by atoms with Crippen LogP contribution in [0.4, 0.5) is 5.13 Å². The van der Waals surface area contributed by atoms with Crippen molar-refractivity contribution in [3.05, 3.63) is 118 Å². The van der Waals surface area contributed by atoms with Crippen molar-refractivity contribution in [2.75, 3.05) is 5.32 Å². The van der Waals surface area contributed by atoms with Crippen molar-refractivity contribution in [1.29, 1.82) is 0 Å². The lowest BCUT2D eigenvalue weighted by Gasteiger charge is -2.31. The minimum Gasteiger partial charge on any atom is -0.301 e. The van der Waals surface area contributed by atoms with Crippen molar-refractivity contribution in [3.63, 3.8) is 0 Å². The molecule has 2 atom stereocenters. The van der Waals surface area contributed by atoms with Crippen LogP contribution in [0.1, 0.15) is 40.7 Å². The quantitative estimate of drug-likeness (QED) is 0.409. The number of rotatable bonds is 3. The Kier molecular flexibility index (Phi) is 5.34. The van der Waals surface area contributed by atoms with Crippen molar-refractivity contribution >= 4 is 22.4 Å². The van der Waals surface area contributed by atoms with E-state index in [0.717, 1.165) is 16.7 Å². The Hall–Kier alpha value is -3.68. The van der Waals surface area contributed by atoms with Gasteiger partial charge in [-0.05, 0) is 54.3 Å². The third kappa shape index (κ3) is 3.84. The number of benzene rings is 3. The maximum atomic E-state index is 13.5. The van der Waals surface area contributed by atoms with Crippen LogP contribution in [-0.4, -0.2) is 10.9 Å². The number of aromatic nitrogens is 1. The number of carbonyl (C=O) groups is 1. The van der Waals surface area contributed by atoms with Gasteiger partial charge >= 0.3 is 0 Å². The molecule has 0 spiro atoms. The molecule has 1 N–H and O–H groups in total. The predicted molar refractivity (Wildman–Crippen MR) is 130 cm³/mol. The molecule has 0 radical (unpaired) electrons. The van der Waals surface area contributed by atoms with Crippen LogP contribution in [0.25, 0.3) is 0 Å². The van der Waals surface area contributed by atoms with Crippen molar-refractivity contribution in [3.8, 4) is 11.8 Å². The van der Waals surface area contributed by atoms with E-state index in [1.807, 2.05) is 53.9 Å². The Balaban J connectivity index is 1.55. The van der Waals surface area contributed by atoms with E-state index in [9.17, 15) is 4.79 Å². The van der Waals surface area contributed by atoms with Crippen LogP contribution in [0.5, 0.6) is 0 Å². The van der Waals surface area contributed by atoms with Crippen LogP contribution in [0.2, 0.25) is 0 Å². The van der Waals surface area contributed by atoms with Crippen molar-refractivity contribution in [2.24, 2.45) is 5.41 Å². The number of fused-ring (bicyclic) bond motifs is 1. The van der Waals surface area contributed by atoms with Gasteiger partial charge in [0.1, 0.15) is 0 Å². The summed E-state index contributed by atoms with van der Waals surface area (Å²) >= 11 is 1.44. The minimum atomic E-state index is -0.624. The molecule has 1 aromatic heterocycles. The lowest BCUT2D eigenvalue weighted by molar-refractivity contribution is -0.125. The molecule has 3 aromatic carbocycles. The van der Waals surface area contributed by atoms with Gasteiger partial charge in [0.05, 0.1) is 5.41 Å². The molecule has 4 heteroatoms. The SMILES string of the molecule is CC1(C(=O)Nc2nccs2)Cc2ccc(C#Cc3ccccc3)cc2C1c1ccccc1. The van der Waals surface area contributed by atoms with Crippen LogP contribution in [0.3, 0.4) is 0 Å². The molecule has 4 aromatic rings. The summed E-state index contributed by atoms with van der Waals surface area (Å²) in [5, 5.41) is 5.54. The van der Waals surface area contributed by atoms with Crippen molar-refractivity contribution in [1.82, 2.24) is 4.98 Å². The van der Waals surface area contributed by atoms with Crippen LogP contribution in [-0.2, 0) is 11.2 Å². The fraction of sp³-hybridized carbons (Fsp3) is 0.143. The highest BCUT2D eigenvalue weighted by Gasteiger charge is 2.48. The zero-order valence-corrected chi connectivity index (χ0v) is 18.5. The van der Waals surface area contributed by atoms with Crippen LogP contribution < -0.4 is 5.32 Å². The van der Waals surface area contributed by atoms with Crippen molar-refractivity contribution in [2.45, 2.75) is 19.3 Å². The summed E-state index contributed by atoms with van der Waals surface area (Å²) in [6, 6.07) is 26.6. The van der Waals surface area contributed by atoms with E-state index in [1.165, 1.54) is 22.5 Å². The zero-order valence-electron chi connectivity index (χ0n) is 17.7. The Morgan fingerprint density at radius 2 is 1.72 bits per heavy atom. The monoisotopic (exact) mass is 434 g/mol. The smallest absolute Gasteiger partial charge is 0.233 e. The van der Waals surface area contributed by atoms with E-state index in [4.69, 9.17) is 0 Å². The topological polar surface area (TPSA) is 42.0 Å². The van der Waals surface area contributed by atoms with Gasteiger partial charge in [-0.25, -0.2) is 4.98 Å². The second kappa shape index (κ2) is 8.45. The molecule has 0 saturated heterocycles. The number of amides is 1. The van der Waals surface area contributed by atoms with Gasteiger partial charge in [-0.1, -0.05) is 66.4 Å². The summed E-state index contributed by atoms with van der Waals surface area (Å²) < 4.78 is 0. The van der Waals surface area contributed by atoms with Gasteiger partial charge in [0.2, 0.25) is 5.91 Å². The number of hydrogen-bond donors (Lipinski definition) is 1. The fourth-order valence-electron chi connectivity index (χ4n) is 4.54. The summed E-state index contributed by atoms with van der Waals surface area (Å²) in [6.45, 7) is 2.06. The van der Waals surface area contributed by atoms with Gasteiger partial charge in [-0.15, -0.1) is 11.3 Å². The summed E-state index contributed by atoms with van der Waals surface area (Å²) in [4.78, 5) is 17.8. The average Bonchev–Trinajstić information content (AvgIpc) is 3.44. The van der Waals surface area contributed by atoms with E-state index in [0.29, 0.717) is 11.6 Å². The number of anilines is 1. The first-order valence-corrected chi connectivity index (χ1v) is 11.5. The lowest BCUT2D eigenvalue weighted by Crippen LogP contribution is -2.37. The molecular formula is C28H22N2OS. The number of hydrogen-bond acceptors (Lipinski definition) is 3. The van der Waals surface area contributed by atoms with E-state index >= 15 is 0 Å². The Bertz CT molecular complexity index is 1300. The number of carbonyl (C=O) groups excluding carboxylic acids is 1. The molecule has 156 valence electrons. The van der Waals surface area contributed by atoms with E-state index in [2.05, 4.69) is 59.4 Å². The molecule has 0 saturated carbocycles. The van der Waals surface area contributed by atoms with Gasteiger partial charge in [0.25, 0.3) is 0 Å². The van der Waals surface area contributed by atoms with Gasteiger partial charge in [0, 0.05) is 28.6 Å². The molecule has 0 bridgehead atoms. The second-order valence-electron chi connectivity index (χ2n) is 8.26. The molecule has 5 rings (SSSR count). The summed E-state index contributed by atoms with van der Waals surface area (Å²) in [6.07, 6.45) is 2.38. The number of thiazole rings is 1.